The van der Waals surface area contributed by atoms with Gasteiger partial charge in [-0.15, -0.1) is 10.2 Å². The van der Waals surface area contributed by atoms with Crippen LogP contribution in [0.5, 0.6) is 0 Å². The molecule has 2 aromatic heterocycles. The Balaban J connectivity index is 1.81. The molecule has 1 N–H and O–H groups in total. The van der Waals surface area contributed by atoms with Gasteiger partial charge < -0.3 is 4.42 Å². The summed E-state index contributed by atoms with van der Waals surface area (Å²) < 4.78 is 7.14. The lowest BCUT2D eigenvalue weighted by molar-refractivity contribution is 0.0980. The number of hydrogen-bond donors (Lipinski definition) is 1. The van der Waals surface area contributed by atoms with Crippen LogP contribution in [0, 0.1) is 6.92 Å². The standard InChI is InChI=1S/C15H13ClN4O2S/c1-9-17-18-15(23-2)20(9)19-14(21)13-8-7-12(22-13)10-3-5-11(16)6-4-10/h3-8H,1-2H3,(H,19,21). The minimum atomic E-state index is -0.372. The van der Waals surface area contributed by atoms with Crippen LogP contribution in [-0.4, -0.2) is 27.0 Å². The molecule has 3 aromatic rings. The van der Waals surface area contributed by atoms with Crippen LogP contribution >= 0.6 is 23.4 Å². The minimum Gasteiger partial charge on any atom is -0.451 e. The largest absolute Gasteiger partial charge is 0.451 e. The van der Waals surface area contributed by atoms with Gasteiger partial charge in [-0.25, -0.2) is 4.68 Å². The van der Waals surface area contributed by atoms with E-state index in [2.05, 4.69) is 15.6 Å². The van der Waals surface area contributed by atoms with Crippen molar-refractivity contribution in [3.05, 3.63) is 53.0 Å². The number of rotatable bonds is 4. The van der Waals surface area contributed by atoms with Crippen LogP contribution in [0.15, 0.2) is 46.0 Å². The Kier molecular flexibility index (Phi) is 4.40. The molecule has 2 heterocycles. The molecule has 0 aliphatic rings. The first-order chi connectivity index (χ1) is 11.1. The number of carbonyl (C=O) groups excluding carboxylic acids is 1. The lowest BCUT2D eigenvalue weighted by Crippen LogP contribution is -2.24. The zero-order valence-corrected chi connectivity index (χ0v) is 14.0. The number of benzene rings is 1. The smallest absolute Gasteiger partial charge is 0.305 e. The Morgan fingerprint density at radius 3 is 2.65 bits per heavy atom. The third kappa shape index (κ3) is 3.25. The number of thioether (sulfide) groups is 1. The van der Waals surface area contributed by atoms with Crippen molar-refractivity contribution in [2.45, 2.75) is 12.1 Å². The van der Waals surface area contributed by atoms with Crippen molar-refractivity contribution in [3.8, 4) is 11.3 Å². The van der Waals surface area contributed by atoms with E-state index in [1.807, 2.05) is 18.4 Å². The molecule has 0 bridgehead atoms. The molecule has 1 aromatic carbocycles. The maximum absolute atomic E-state index is 12.3. The predicted octanol–water partition coefficient (Wildman–Crippen LogP) is 3.61. The Bertz CT molecular complexity index is 842. The highest BCUT2D eigenvalue weighted by Gasteiger charge is 2.16. The summed E-state index contributed by atoms with van der Waals surface area (Å²) in [6.45, 7) is 1.76. The summed E-state index contributed by atoms with van der Waals surface area (Å²) in [5.41, 5.74) is 3.56. The Morgan fingerprint density at radius 2 is 1.96 bits per heavy atom. The van der Waals surface area contributed by atoms with Gasteiger partial charge in [-0.05, 0) is 49.6 Å². The molecule has 0 atom stereocenters. The number of amides is 1. The number of aromatic nitrogens is 3. The number of nitrogens with one attached hydrogen (secondary N) is 1. The number of hydrogen-bond acceptors (Lipinski definition) is 5. The first-order valence-electron chi connectivity index (χ1n) is 6.71. The molecule has 0 saturated heterocycles. The van der Waals surface area contributed by atoms with Crippen molar-refractivity contribution < 1.29 is 9.21 Å². The lowest BCUT2D eigenvalue weighted by atomic mass is 10.2. The predicted molar refractivity (Wildman–Crippen MR) is 89.4 cm³/mol. The fourth-order valence-corrected chi connectivity index (χ4v) is 2.60. The molecular weight excluding hydrogens is 336 g/mol. The Hall–Kier alpha value is -2.25. The maximum atomic E-state index is 12.3. The van der Waals surface area contributed by atoms with Crippen molar-refractivity contribution in [2.75, 3.05) is 11.7 Å². The first kappa shape index (κ1) is 15.6. The molecule has 0 aliphatic heterocycles. The number of aryl methyl sites for hydroxylation is 1. The summed E-state index contributed by atoms with van der Waals surface area (Å²) in [4.78, 5) is 12.3. The normalized spacial score (nSPS) is 10.7. The molecule has 0 unspecified atom stereocenters. The van der Waals surface area contributed by atoms with Gasteiger partial charge in [0, 0.05) is 10.6 Å². The topological polar surface area (TPSA) is 73.0 Å². The summed E-state index contributed by atoms with van der Waals surface area (Å²) in [6.07, 6.45) is 1.86. The molecule has 8 heteroatoms. The van der Waals surface area contributed by atoms with E-state index in [4.69, 9.17) is 16.0 Å². The number of halogens is 1. The van der Waals surface area contributed by atoms with Crippen LogP contribution in [0.3, 0.4) is 0 Å². The molecule has 118 valence electrons. The van der Waals surface area contributed by atoms with Crippen LogP contribution in [-0.2, 0) is 0 Å². The maximum Gasteiger partial charge on any atom is 0.305 e. The van der Waals surface area contributed by atoms with Crippen molar-refractivity contribution >= 4 is 29.3 Å². The molecule has 0 fully saturated rings. The summed E-state index contributed by atoms with van der Waals surface area (Å²) in [7, 11) is 0. The SMILES string of the molecule is CSc1nnc(C)n1NC(=O)c1ccc(-c2ccc(Cl)cc2)o1. The van der Waals surface area contributed by atoms with Crippen LogP contribution in [0.25, 0.3) is 11.3 Å². The van der Waals surface area contributed by atoms with Gasteiger partial charge in [0.1, 0.15) is 11.6 Å². The molecule has 0 saturated carbocycles. The molecule has 3 rings (SSSR count). The molecule has 6 nitrogen and oxygen atoms in total. The van der Waals surface area contributed by atoms with E-state index in [1.165, 1.54) is 16.4 Å². The van der Waals surface area contributed by atoms with Gasteiger partial charge in [-0.1, -0.05) is 23.4 Å². The monoisotopic (exact) mass is 348 g/mol. The van der Waals surface area contributed by atoms with E-state index in [1.54, 1.807) is 31.2 Å². The van der Waals surface area contributed by atoms with Gasteiger partial charge in [0.25, 0.3) is 0 Å². The zero-order chi connectivity index (χ0) is 16.4. The van der Waals surface area contributed by atoms with Crippen molar-refractivity contribution in [3.63, 3.8) is 0 Å². The van der Waals surface area contributed by atoms with Crippen LogP contribution < -0.4 is 5.43 Å². The third-order valence-electron chi connectivity index (χ3n) is 3.15. The average molecular weight is 349 g/mol. The Labute approximate surface area is 141 Å². The molecule has 23 heavy (non-hydrogen) atoms. The molecule has 0 aliphatic carbocycles. The Morgan fingerprint density at radius 1 is 1.22 bits per heavy atom. The van der Waals surface area contributed by atoms with Crippen molar-refractivity contribution in [1.82, 2.24) is 14.9 Å². The van der Waals surface area contributed by atoms with Crippen molar-refractivity contribution in [1.29, 1.82) is 0 Å². The number of nitrogens with zero attached hydrogens (tertiary/aromatic N) is 3. The van der Waals surface area contributed by atoms with E-state index in [0.29, 0.717) is 21.8 Å². The lowest BCUT2D eigenvalue weighted by Gasteiger charge is -2.07. The second-order valence-electron chi connectivity index (χ2n) is 4.68. The molecule has 1 amide bonds. The van der Waals surface area contributed by atoms with E-state index < -0.39 is 0 Å². The minimum absolute atomic E-state index is 0.204. The van der Waals surface area contributed by atoms with Gasteiger partial charge in [-0.3, -0.25) is 10.2 Å². The van der Waals surface area contributed by atoms with Crippen LogP contribution in [0.2, 0.25) is 5.02 Å². The van der Waals surface area contributed by atoms with Gasteiger partial charge in [-0.2, -0.15) is 0 Å². The summed E-state index contributed by atoms with van der Waals surface area (Å²) in [5.74, 6) is 1.02. The molecule has 0 spiro atoms. The summed E-state index contributed by atoms with van der Waals surface area (Å²) in [6, 6.07) is 10.6. The second-order valence-corrected chi connectivity index (χ2v) is 5.89. The highest BCUT2D eigenvalue weighted by atomic mass is 35.5. The second kappa shape index (κ2) is 6.47. The fraction of sp³-hybridized carbons (Fsp3) is 0.133. The highest BCUT2D eigenvalue weighted by Crippen LogP contribution is 2.24. The number of furan rings is 1. The number of carbonyl (C=O) groups is 1. The van der Waals surface area contributed by atoms with Crippen molar-refractivity contribution in [2.24, 2.45) is 0 Å². The third-order valence-corrected chi connectivity index (χ3v) is 4.03. The van der Waals surface area contributed by atoms with E-state index in [9.17, 15) is 4.79 Å². The highest BCUT2D eigenvalue weighted by molar-refractivity contribution is 7.98. The van der Waals surface area contributed by atoms with Gasteiger partial charge in [0.15, 0.2) is 5.76 Å². The van der Waals surface area contributed by atoms with Crippen LogP contribution in [0.4, 0.5) is 0 Å². The zero-order valence-electron chi connectivity index (χ0n) is 12.4. The van der Waals surface area contributed by atoms with Gasteiger partial charge in [0.2, 0.25) is 5.16 Å². The van der Waals surface area contributed by atoms with Gasteiger partial charge in [0.05, 0.1) is 0 Å². The fourth-order valence-electron chi connectivity index (χ4n) is 1.99. The van der Waals surface area contributed by atoms with E-state index >= 15 is 0 Å². The summed E-state index contributed by atoms with van der Waals surface area (Å²) in [5, 5.41) is 9.13. The van der Waals surface area contributed by atoms with Crippen LogP contribution in [0.1, 0.15) is 16.4 Å². The van der Waals surface area contributed by atoms with E-state index in [-0.39, 0.29) is 11.7 Å². The van der Waals surface area contributed by atoms with Gasteiger partial charge >= 0.3 is 5.91 Å². The average Bonchev–Trinajstić information content (AvgIpc) is 3.16. The summed E-state index contributed by atoms with van der Waals surface area (Å²) >= 11 is 7.25. The molecular formula is C15H13ClN4O2S. The molecule has 0 radical (unpaired) electrons. The quantitative estimate of drug-likeness (QED) is 0.729. The first-order valence-corrected chi connectivity index (χ1v) is 8.32. The van der Waals surface area contributed by atoms with E-state index in [0.717, 1.165) is 5.56 Å².